The van der Waals surface area contributed by atoms with Crippen LogP contribution in [-0.2, 0) is 16.1 Å². The van der Waals surface area contributed by atoms with Gasteiger partial charge in [0.05, 0.1) is 24.7 Å². The standard InChI is InChI=1S/C25H28FN5O2S/c1-18-6-2-5-9-22(18)31-24(29-12-14-33-15-13-29)27-28-25(31)34-17-23(32)30(20-10-11-20)16-19-7-3-4-8-21(19)26/h2-9,20H,10-17H2,1H3. The quantitative estimate of drug-likeness (QED) is 0.456. The number of hydrogen-bond acceptors (Lipinski definition) is 6. The number of hydrogen-bond donors (Lipinski definition) is 0. The number of morpholine rings is 1. The molecule has 0 bridgehead atoms. The lowest BCUT2D eigenvalue weighted by Crippen LogP contribution is -2.38. The van der Waals surface area contributed by atoms with Crippen LogP contribution in [0.4, 0.5) is 10.3 Å². The van der Waals surface area contributed by atoms with Crippen molar-refractivity contribution in [1.82, 2.24) is 19.7 Å². The summed E-state index contributed by atoms with van der Waals surface area (Å²) < 4.78 is 21.8. The van der Waals surface area contributed by atoms with Crippen LogP contribution in [0.1, 0.15) is 24.0 Å². The summed E-state index contributed by atoms with van der Waals surface area (Å²) in [7, 11) is 0. The number of ether oxygens (including phenoxy) is 1. The van der Waals surface area contributed by atoms with Crippen molar-refractivity contribution in [2.24, 2.45) is 0 Å². The zero-order chi connectivity index (χ0) is 23.5. The normalized spacial score (nSPS) is 16.0. The molecular weight excluding hydrogens is 453 g/mol. The number of rotatable bonds is 8. The number of carbonyl (C=O) groups is 1. The van der Waals surface area contributed by atoms with E-state index in [4.69, 9.17) is 4.74 Å². The first-order chi connectivity index (χ1) is 16.6. The molecule has 3 aromatic rings. The van der Waals surface area contributed by atoms with Gasteiger partial charge in [0.25, 0.3) is 0 Å². The second-order valence-electron chi connectivity index (χ2n) is 8.64. The molecule has 2 aliphatic rings. The number of benzene rings is 2. The Hall–Kier alpha value is -2.91. The van der Waals surface area contributed by atoms with Gasteiger partial charge in [-0.25, -0.2) is 4.39 Å². The van der Waals surface area contributed by atoms with E-state index in [1.165, 1.54) is 17.8 Å². The number of aryl methyl sites for hydroxylation is 1. The lowest BCUT2D eigenvalue weighted by atomic mass is 10.2. The van der Waals surface area contributed by atoms with E-state index < -0.39 is 0 Å². The third-order valence-corrected chi connectivity index (χ3v) is 7.11. The van der Waals surface area contributed by atoms with E-state index in [0.29, 0.717) is 30.5 Å². The van der Waals surface area contributed by atoms with Gasteiger partial charge in [-0.3, -0.25) is 9.36 Å². The second kappa shape index (κ2) is 10.1. The summed E-state index contributed by atoms with van der Waals surface area (Å²) in [6.07, 6.45) is 1.93. The number of thioether (sulfide) groups is 1. The number of aromatic nitrogens is 3. The lowest BCUT2D eigenvalue weighted by Gasteiger charge is -2.28. The average Bonchev–Trinajstić information content (AvgIpc) is 3.61. The summed E-state index contributed by atoms with van der Waals surface area (Å²) in [6.45, 7) is 5.13. The Morgan fingerprint density at radius 1 is 1.12 bits per heavy atom. The number of para-hydroxylation sites is 1. The molecule has 34 heavy (non-hydrogen) atoms. The van der Waals surface area contributed by atoms with E-state index >= 15 is 0 Å². The van der Waals surface area contributed by atoms with Crippen LogP contribution in [0, 0.1) is 12.7 Å². The van der Waals surface area contributed by atoms with Gasteiger partial charge < -0.3 is 14.5 Å². The molecule has 0 spiro atoms. The van der Waals surface area contributed by atoms with Crippen molar-refractivity contribution < 1.29 is 13.9 Å². The van der Waals surface area contributed by atoms with Crippen LogP contribution in [0.2, 0.25) is 0 Å². The Morgan fingerprint density at radius 2 is 1.85 bits per heavy atom. The van der Waals surface area contributed by atoms with Crippen molar-refractivity contribution in [2.75, 3.05) is 37.0 Å². The fourth-order valence-corrected chi connectivity index (χ4v) is 5.00. The van der Waals surface area contributed by atoms with Gasteiger partial charge in [-0.2, -0.15) is 0 Å². The highest BCUT2D eigenvalue weighted by atomic mass is 32.2. The van der Waals surface area contributed by atoms with Gasteiger partial charge in [-0.1, -0.05) is 48.2 Å². The highest BCUT2D eigenvalue weighted by Gasteiger charge is 2.33. The van der Waals surface area contributed by atoms with Crippen molar-refractivity contribution in [2.45, 2.75) is 37.5 Å². The molecule has 5 rings (SSSR count). The molecular formula is C25H28FN5O2S. The third-order valence-electron chi connectivity index (χ3n) is 6.20. The molecule has 178 valence electrons. The lowest BCUT2D eigenvalue weighted by molar-refractivity contribution is -0.129. The third kappa shape index (κ3) is 4.95. The first-order valence-corrected chi connectivity index (χ1v) is 12.6. The van der Waals surface area contributed by atoms with Crippen LogP contribution in [0.25, 0.3) is 5.69 Å². The minimum atomic E-state index is -0.275. The highest BCUT2D eigenvalue weighted by Crippen LogP contribution is 2.32. The minimum absolute atomic E-state index is 0.0111. The topological polar surface area (TPSA) is 63.5 Å². The fourth-order valence-electron chi connectivity index (χ4n) is 4.18. The fraction of sp³-hybridized carbons (Fsp3) is 0.400. The number of amides is 1. The number of anilines is 1. The predicted molar refractivity (Wildman–Crippen MR) is 130 cm³/mol. The van der Waals surface area contributed by atoms with Gasteiger partial charge in [0.1, 0.15) is 5.82 Å². The van der Waals surface area contributed by atoms with E-state index in [9.17, 15) is 9.18 Å². The van der Waals surface area contributed by atoms with Gasteiger partial charge in [-0.15, -0.1) is 10.2 Å². The molecule has 0 N–H and O–H groups in total. The summed E-state index contributed by atoms with van der Waals surface area (Å²) in [6, 6.07) is 14.9. The molecule has 1 aliphatic carbocycles. The summed E-state index contributed by atoms with van der Waals surface area (Å²) >= 11 is 1.38. The maximum atomic E-state index is 14.2. The van der Waals surface area contributed by atoms with Crippen LogP contribution in [0.15, 0.2) is 53.7 Å². The summed E-state index contributed by atoms with van der Waals surface area (Å²) in [5.41, 5.74) is 2.64. The van der Waals surface area contributed by atoms with Gasteiger partial charge in [0.15, 0.2) is 5.16 Å². The molecule has 7 nitrogen and oxygen atoms in total. The summed E-state index contributed by atoms with van der Waals surface area (Å²) in [5.74, 6) is 0.696. The maximum Gasteiger partial charge on any atom is 0.233 e. The van der Waals surface area contributed by atoms with Gasteiger partial charge >= 0.3 is 0 Å². The first kappa shape index (κ1) is 22.9. The molecule has 0 unspecified atom stereocenters. The summed E-state index contributed by atoms with van der Waals surface area (Å²) in [5, 5.41) is 9.63. The van der Waals surface area contributed by atoms with Gasteiger partial charge in [-0.05, 0) is 37.5 Å². The van der Waals surface area contributed by atoms with Crippen LogP contribution < -0.4 is 4.90 Å². The molecule has 9 heteroatoms. The van der Waals surface area contributed by atoms with E-state index in [1.54, 1.807) is 18.2 Å². The van der Waals surface area contributed by atoms with Crippen LogP contribution in [0.5, 0.6) is 0 Å². The van der Waals surface area contributed by atoms with E-state index in [1.807, 2.05) is 27.7 Å². The van der Waals surface area contributed by atoms with E-state index in [2.05, 4.69) is 28.1 Å². The van der Waals surface area contributed by atoms with Crippen LogP contribution in [-0.4, -0.2) is 63.7 Å². The molecule has 0 radical (unpaired) electrons. The van der Waals surface area contributed by atoms with Crippen molar-refractivity contribution in [3.63, 3.8) is 0 Å². The monoisotopic (exact) mass is 481 g/mol. The van der Waals surface area contributed by atoms with Crippen molar-refractivity contribution in [1.29, 1.82) is 0 Å². The number of carbonyl (C=O) groups excluding carboxylic acids is 1. The zero-order valence-corrected chi connectivity index (χ0v) is 20.0. The number of halogens is 1. The molecule has 1 saturated carbocycles. The van der Waals surface area contributed by atoms with E-state index in [-0.39, 0.29) is 23.5 Å². The van der Waals surface area contributed by atoms with Gasteiger partial charge in [0, 0.05) is 31.2 Å². The molecule has 0 atom stereocenters. The van der Waals surface area contributed by atoms with Crippen LogP contribution in [0.3, 0.4) is 0 Å². The molecule has 2 heterocycles. The Balaban J connectivity index is 1.37. The minimum Gasteiger partial charge on any atom is -0.378 e. The molecule has 1 amide bonds. The predicted octanol–water partition coefficient (Wildman–Crippen LogP) is 3.83. The van der Waals surface area contributed by atoms with Crippen molar-refractivity contribution in [3.8, 4) is 5.69 Å². The Labute approximate surface area is 202 Å². The summed E-state index contributed by atoms with van der Waals surface area (Å²) in [4.78, 5) is 17.2. The zero-order valence-electron chi connectivity index (χ0n) is 19.2. The van der Waals surface area contributed by atoms with Gasteiger partial charge in [0.2, 0.25) is 11.9 Å². The molecule has 2 fully saturated rings. The Morgan fingerprint density at radius 3 is 2.59 bits per heavy atom. The number of nitrogens with zero attached hydrogens (tertiary/aromatic N) is 5. The molecule has 1 aromatic heterocycles. The largest absolute Gasteiger partial charge is 0.378 e. The van der Waals surface area contributed by atoms with Crippen molar-refractivity contribution >= 4 is 23.6 Å². The Bertz CT molecular complexity index is 1160. The SMILES string of the molecule is Cc1ccccc1-n1c(SCC(=O)N(Cc2ccccc2F)C2CC2)nnc1N1CCOCC1. The van der Waals surface area contributed by atoms with Crippen molar-refractivity contribution in [3.05, 3.63) is 65.5 Å². The average molecular weight is 482 g/mol. The Kier molecular flexibility index (Phi) is 6.82. The maximum absolute atomic E-state index is 14.2. The van der Waals surface area contributed by atoms with E-state index in [0.717, 1.165) is 43.1 Å². The van der Waals surface area contributed by atoms with Crippen LogP contribution >= 0.6 is 11.8 Å². The molecule has 1 aliphatic heterocycles. The smallest absolute Gasteiger partial charge is 0.233 e. The molecule has 1 saturated heterocycles. The first-order valence-electron chi connectivity index (χ1n) is 11.6. The second-order valence-corrected chi connectivity index (χ2v) is 9.58. The highest BCUT2D eigenvalue weighted by molar-refractivity contribution is 7.99. The molecule has 2 aromatic carbocycles.